The first kappa shape index (κ1) is 20.7. The molecule has 1 fully saturated rings. The number of hydrogen-bond acceptors (Lipinski definition) is 5. The third kappa shape index (κ3) is 3.94. The molecule has 2 aromatic carbocycles. The van der Waals surface area contributed by atoms with Gasteiger partial charge in [-0.1, -0.05) is 24.3 Å². The maximum atomic E-state index is 13.1. The van der Waals surface area contributed by atoms with Crippen LogP contribution in [0.2, 0.25) is 0 Å². The second-order valence-corrected chi connectivity index (χ2v) is 7.35. The van der Waals surface area contributed by atoms with Crippen molar-refractivity contribution in [2.24, 2.45) is 0 Å². The molecule has 0 aliphatic carbocycles. The molecule has 2 amide bonds. The van der Waals surface area contributed by atoms with E-state index < -0.39 is 5.91 Å². The Balaban J connectivity index is 1.68. The van der Waals surface area contributed by atoms with Crippen molar-refractivity contribution in [2.45, 2.75) is 20.4 Å². The smallest absolute Gasteiger partial charge is 0.276 e. The minimum absolute atomic E-state index is 0.0833. The second-order valence-electron chi connectivity index (χ2n) is 7.35. The first-order valence-corrected chi connectivity index (χ1v) is 10.3. The van der Waals surface area contributed by atoms with Crippen molar-refractivity contribution in [1.29, 1.82) is 0 Å². The van der Waals surface area contributed by atoms with Gasteiger partial charge in [0.25, 0.3) is 17.4 Å². The summed E-state index contributed by atoms with van der Waals surface area (Å²) in [6.45, 7) is 6.09. The van der Waals surface area contributed by atoms with Gasteiger partial charge >= 0.3 is 0 Å². The molecule has 3 aromatic rings. The Bertz CT molecular complexity index is 1210. The lowest BCUT2D eigenvalue weighted by Crippen LogP contribution is -2.41. The van der Waals surface area contributed by atoms with Crippen molar-refractivity contribution in [3.05, 3.63) is 69.6 Å². The van der Waals surface area contributed by atoms with E-state index >= 15 is 0 Å². The summed E-state index contributed by atoms with van der Waals surface area (Å²) < 4.78 is 6.60. The summed E-state index contributed by atoms with van der Waals surface area (Å²) in [5.41, 5.74) is 1.69. The number of morpholine rings is 1. The highest BCUT2D eigenvalue weighted by molar-refractivity contribution is 6.11. The summed E-state index contributed by atoms with van der Waals surface area (Å²) in [5.74, 6) is -0.516. The highest BCUT2D eigenvalue weighted by Crippen LogP contribution is 2.22. The molecule has 0 saturated carbocycles. The van der Waals surface area contributed by atoms with Gasteiger partial charge in [-0.15, -0.1) is 0 Å². The van der Waals surface area contributed by atoms with Crippen LogP contribution in [0.5, 0.6) is 0 Å². The Morgan fingerprint density at radius 1 is 1.06 bits per heavy atom. The molecule has 160 valence electrons. The SMILES string of the molecule is CCn1nc(C(=O)Nc2cccc(C(=O)N3CCOCC3)c2C)c2ccccc2c1=O. The number of benzene rings is 2. The molecule has 4 rings (SSSR count). The fraction of sp³-hybridized carbons (Fsp3) is 0.304. The van der Waals surface area contributed by atoms with Gasteiger partial charge < -0.3 is 15.0 Å². The molecule has 1 aromatic heterocycles. The minimum Gasteiger partial charge on any atom is -0.378 e. The van der Waals surface area contributed by atoms with Crippen LogP contribution in [0.4, 0.5) is 5.69 Å². The third-order valence-corrected chi connectivity index (χ3v) is 5.49. The van der Waals surface area contributed by atoms with Crippen molar-refractivity contribution >= 4 is 28.3 Å². The number of ether oxygens (including phenoxy) is 1. The van der Waals surface area contributed by atoms with Crippen molar-refractivity contribution in [1.82, 2.24) is 14.7 Å². The van der Waals surface area contributed by atoms with Crippen LogP contribution < -0.4 is 10.9 Å². The molecule has 0 bridgehead atoms. The van der Waals surface area contributed by atoms with Crippen molar-refractivity contribution in [2.75, 3.05) is 31.6 Å². The average molecular weight is 420 g/mol. The summed E-state index contributed by atoms with van der Waals surface area (Å²) in [5, 5.41) is 8.09. The highest BCUT2D eigenvalue weighted by atomic mass is 16.5. The number of carbonyl (C=O) groups excluding carboxylic acids is 2. The number of carbonyl (C=O) groups is 2. The van der Waals surface area contributed by atoms with E-state index in [0.717, 1.165) is 0 Å². The van der Waals surface area contributed by atoms with Gasteiger partial charge in [-0.05, 0) is 37.6 Å². The zero-order chi connectivity index (χ0) is 22.0. The van der Waals surface area contributed by atoms with Crippen LogP contribution in [0.3, 0.4) is 0 Å². The molecule has 8 heteroatoms. The molecule has 1 aliphatic rings. The lowest BCUT2D eigenvalue weighted by Gasteiger charge is -2.27. The van der Waals surface area contributed by atoms with Gasteiger partial charge in [0.2, 0.25) is 0 Å². The quantitative estimate of drug-likeness (QED) is 0.700. The molecule has 1 saturated heterocycles. The maximum Gasteiger partial charge on any atom is 0.276 e. The van der Waals surface area contributed by atoms with Gasteiger partial charge in [-0.3, -0.25) is 14.4 Å². The number of aromatic nitrogens is 2. The molecule has 0 spiro atoms. The van der Waals surface area contributed by atoms with Crippen molar-refractivity contribution in [3.63, 3.8) is 0 Å². The van der Waals surface area contributed by atoms with Gasteiger partial charge in [-0.2, -0.15) is 5.10 Å². The van der Waals surface area contributed by atoms with Crippen LogP contribution in [-0.2, 0) is 11.3 Å². The number of fused-ring (bicyclic) bond motifs is 1. The fourth-order valence-electron chi connectivity index (χ4n) is 3.74. The van der Waals surface area contributed by atoms with Crippen LogP contribution in [0.15, 0.2) is 47.3 Å². The first-order valence-electron chi connectivity index (χ1n) is 10.3. The zero-order valence-electron chi connectivity index (χ0n) is 17.6. The molecular weight excluding hydrogens is 396 g/mol. The predicted molar refractivity (Wildman–Crippen MR) is 118 cm³/mol. The normalized spacial score (nSPS) is 13.9. The molecule has 31 heavy (non-hydrogen) atoms. The number of hydrogen-bond donors (Lipinski definition) is 1. The van der Waals surface area contributed by atoms with E-state index in [2.05, 4.69) is 10.4 Å². The number of amides is 2. The Morgan fingerprint density at radius 2 is 1.77 bits per heavy atom. The Morgan fingerprint density at radius 3 is 2.48 bits per heavy atom. The van der Waals surface area contributed by atoms with E-state index in [1.165, 1.54) is 4.68 Å². The van der Waals surface area contributed by atoms with Gasteiger partial charge in [0.1, 0.15) is 0 Å². The van der Waals surface area contributed by atoms with Crippen LogP contribution in [0.25, 0.3) is 10.8 Å². The lowest BCUT2D eigenvalue weighted by atomic mass is 10.0. The zero-order valence-corrected chi connectivity index (χ0v) is 17.6. The topological polar surface area (TPSA) is 93.5 Å². The number of nitrogens with zero attached hydrogens (tertiary/aromatic N) is 3. The Labute approximate surface area is 179 Å². The monoisotopic (exact) mass is 420 g/mol. The number of nitrogens with one attached hydrogen (secondary N) is 1. The second kappa shape index (κ2) is 8.69. The summed E-state index contributed by atoms with van der Waals surface area (Å²) in [4.78, 5) is 40.4. The summed E-state index contributed by atoms with van der Waals surface area (Å²) in [7, 11) is 0. The van der Waals surface area contributed by atoms with Gasteiger partial charge in [0.05, 0.1) is 18.6 Å². The molecule has 1 aliphatic heterocycles. The van der Waals surface area contributed by atoms with E-state index in [4.69, 9.17) is 4.74 Å². The van der Waals surface area contributed by atoms with E-state index in [1.807, 2.05) is 6.92 Å². The molecule has 1 N–H and O–H groups in total. The first-order chi connectivity index (χ1) is 15.0. The molecule has 0 atom stereocenters. The molecule has 8 nitrogen and oxygen atoms in total. The Hall–Kier alpha value is -3.52. The van der Waals surface area contributed by atoms with Crippen LogP contribution in [0.1, 0.15) is 33.3 Å². The summed E-state index contributed by atoms with van der Waals surface area (Å²) >= 11 is 0. The largest absolute Gasteiger partial charge is 0.378 e. The van der Waals surface area contributed by atoms with E-state index in [9.17, 15) is 14.4 Å². The van der Waals surface area contributed by atoms with Gasteiger partial charge in [-0.25, -0.2) is 4.68 Å². The van der Waals surface area contributed by atoms with Gasteiger partial charge in [0, 0.05) is 36.3 Å². The van der Waals surface area contributed by atoms with E-state index in [1.54, 1.807) is 54.3 Å². The van der Waals surface area contributed by atoms with Gasteiger partial charge in [0.15, 0.2) is 5.69 Å². The summed E-state index contributed by atoms with van der Waals surface area (Å²) in [6.07, 6.45) is 0. The fourth-order valence-corrected chi connectivity index (χ4v) is 3.74. The lowest BCUT2D eigenvalue weighted by molar-refractivity contribution is 0.0302. The standard InChI is InChI=1S/C23H24N4O4/c1-3-27-23(30)18-8-5-4-7-17(18)20(25-27)21(28)24-19-10-6-9-16(15(19)2)22(29)26-11-13-31-14-12-26/h4-10H,3,11-14H2,1-2H3,(H,24,28). The van der Waals surface area contributed by atoms with E-state index in [0.29, 0.717) is 60.4 Å². The van der Waals surface area contributed by atoms with Crippen molar-refractivity contribution in [3.8, 4) is 0 Å². The molecular formula is C23H24N4O4. The number of aryl methyl sites for hydroxylation is 1. The average Bonchev–Trinajstić information content (AvgIpc) is 2.81. The Kier molecular flexibility index (Phi) is 5.81. The summed E-state index contributed by atoms with van der Waals surface area (Å²) in [6, 6.07) is 12.2. The molecule has 0 radical (unpaired) electrons. The maximum absolute atomic E-state index is 13.1. The van der Waals surface area contributed by atoms with Crippen molar-refractivity contribution < 1.29 is 14.3 Å². The highest BCUT2D eigenvalue weighted by Gasteiger charge is 2.22. The van der Waals surface area contributed by atoms with Crippen LogP contribution in [-0.4, -0.2) is 52.8 Å². The molecule has 2 heterocycles. The van der Waals surface area contributed by atoms with Crippen LogP contribution in [0, 0.1) is 6.92 Å². The van der Waals surface area contributed by atoms with Crippen LogP contribution >= 0.6 is 0 Å². The number of anilines is 1. The third-order valence-electron chi connectivity index (χ3n) is 5.49. The number of rotatable bonds is 4. The minimum atomic E-state index is -0.433. The van der Waals surface area contributed by atoms with E-state index in [-0.39, 0.29) is 17.2 Å². The molecule has 0 unspecified atom stereocenters. The predicted octanol–water partition coefficient (Wildman–Crippen LogP) is 2.45.